The van der Waals surface area contributed by atoms with E-state index in [4.69, 9.17) is 0 Å². The molecule has 0 saturated carbocycles. The smallest absolute Gasteiger partial charge is 0.252 e. The lowest BCUT2D eigenvalue weighted by atomic mass is 9.79. The van der Waals surface area contributed by atoms with Crippen molar-refractivity contribution in [1.82, 2.24) is 9.21 Å². The van der Waals surface area contributed by atoms with Crippen LogP contribution < -0.4 is 0 Å². The predicted octanol–water partition coefficient (Wildman–Crippen LogP) is 1.85. The van der Waals surface area contributed by atoms with Gasteiger partial charge >= 0.3 is 0 Å². The third-order valence-electron chi connectivity index (χ3n) is 4.34. The number of hydrogen-bond acceptors (Lipinski definition) is 4. The normalized spacial score (nSPS) is 30.2. The molecular weight excluding hydrogens is 280 g/mol. The standard InChI is InChI=1S/C13H20N2O2S2/c1-14-7-3-5-13(10-14)6-8-15(11-13)19(16,17)12-4-2-9-18-12/h2,4,9H,3,5-8,10-11H2,1H3/t13-/m0/s1. The van der Waals surface area contributed by atoms with E-state index in [0.717, 1.165) is 25.9 Å². The SMILES string of the molecule is CN1CCC[C@]2(CCN(S(=O)(=O)c3cccs3)C2)C1. The highest BCUT2D eigenvalue weighted by atomic mass is 32.2. The van der Waals surface area contributed by atoms with Crippen LogP contribution in [0.3, 0.4) is 0 Å². The zero-order chi connectivity index (χ0) is 13.5. The minimum atomic E-state index is -3.25. The molecule has 0 unspecified atom stereocenters. The van der Waals surface area contributed by atoms with E-state index in [2.05, 4.69) is 11.9 Å². The minimum Gasteiger partial charge on any atom is -0.306 e. The Hall–Kier alpha value is -0.430. The Morgan fingerprint density at radius 3 is 2.79 bits per heavy atom. The molecule has 3 rings (SSSR count). The van der Waals surface area contributed by atoms with Gasteiger partial charge in [0.25, 0.3) is 10.0 Å². The Kier molecular flexibility index (Phi) is 3.45. The summed E-state index contributed by atoms with van der Waals surface area (Å²) < 4.78 is 27.2. The molecule has 106 valence electrons. The Labute approximate surface area is 119 Å². The van der Waals surface area contributed by atoms with Gasteiger partial charge in [0.1, 0.15) is 4.21 Å². The second-order valence-electron chi connectivity index (χ2n) is 5.86. The van der Waals surface area contributed by atoms with Crippen LogP contribution in [0.2, 0.25) is 0 Å². The van der Waals surface area contributed by atoms with Gasteiger partial charge in [-0.15, -0.1) is 11.3 Å². The summed E-state index contributed by atoms with van der Waals surface area (Å²) in [5.74, 6) is 0. The lowest BCUT2D eigenvalue weighted by molar-refractivity contribution is 0.121. The fourth-order valence-electron chi connectivity index (χ4n) is 3.42. The number of nitrogens with zero attached hydrogens (tertiary/aromatic N) is 2. The summed E-state index contributed by atoms with van der Waals surface area (Å²) in [6, 6.07) is 3.51. The van der Waals surface area contributed by atoms with Gasteiger partial charge in [-0.2, -0.15) is 4.31 Å². The maximum absolute atomic E-state index is 12.5. The molecule has 3 heterocycles. The molecule has 19 heavy (non-hydrogen) atoms. The van der Waals surface area contributed by atoms with Crippen LogP contribution in [-0.2, 0) is 10.0 Å². The summed E-state index contributed by atoms with van der Waals surface area (Å²) in [6.45, 7) is 3.54. The van der Waals surface area contributed by atoms with Gasteiger partial charge in [-0.1, -0.05) is 6.07 Å². The van der Waals surface area contributed by atoms with Crippen LogP contribution in [0.15, 0.2) is 21.7 Å². The van der Waals surface area contributed by atoms with Crippen molar-refractivity contribution in [2.24, 2.45) is 5.41 Å². The molecule has 2 saturated heterocycles. The highest BCUT2D eigenvalue weighted by molar-refractivity contribution is 7.91. The van der Waals surface area contributed by atoms with Gasteiger partial charge in [-0.3, -0.25) is 0 Å². The summed E-state index contributed by atoms with van der Waals surface area (Å²) in [7, 11) is -1.12. The quantitative estimate of drug-likeness (QED) is 0.837. The fourth-order valence-corrected chi connectivity index (χ4v) is 6.12. The number of hydrogen-bond donors (Lipinski definition) is 0. The molecule has 2 fully saturated rings. The first kappa shape index (κ1) is 13.5. The topological polar surface area (TPSA) is 40.6 Å². The van der Waals surface area contributed by atoms with E-state index in [1.54, 1.807) is 16.4 Å². The van der Waals surface area contributed by atoms with Crippen LogP contribution in [0.5, 0.6) is 0 Å². The van der Waals surface area contributed by atoms with Crippen molar-refractivity contribution >= 4 is 21.4 Å². The Bertz CT molecular complexity index is 541. The van der Waals surface area contributed by atoms with Gasteiger partial charge in [-0.25, -0.2) is 8.42 Å². The van der Waals surface area contributed by atoms with Gasteiger partial charge < -0.3 is 4.90 Å². The second kappa shape index (κ2) is 4.84. The fraction of sp³-hybridized carbons (Fsp3) is 0.692. The van der Waals surface area contributed by atoms with Crippen molar-refractivity contribution < 1.29 is 8.42 Å². The maximum atomic E-state index is 12.5. The lowest BCUT2D eigenvalue weighted by Gasteiger charge is -2.38. The van der Waals surface area contributed by atoms with Crippen LogP contribution in [0.4, 0.5) is 0 Å². The first-order valence-electron chi connectivity index (χ1n) is 6.74. The molecule has 0 amide bonds. The van der Waals surface area contributed by atoms with Crippen molar-refractivity contribution in [1.29, 1.82) is 0 Å². The molecule has 1 atom stereocenters. The van der Waals surface area contributed by atoms with Gasteiger partial charge in [-0.05, 0) is 49.7 Å². The Balaban J connectivity index is 1.79. The minimum absolute atomic E-state index is 0.192. The highest BCUT2D eigenvalue weighted by Gasteiger charge is 2.44. The number of thiophene rings is 1. The molecule has 1 aromatic heterocycles. The van der Waals surface area contributed by atoms with E-state index in [1.807, 2.05) is 5.38 Å². The van der Waals surface area contributed by atoms with Crippen molar-refractivity contribution in [2.75, 3.05) is 33.2 Å². The molecular formula is C13H20N2O2S2. The van der Waals surface area contributed by atoms with E-state index in [0.29, 0.717) is 17.3 Å². The molecule has 2 aliphatic rings. The molecule has 0 radical (unpaired) electrons. The molecule has 0 bridgehead atoms. The number of rotatable bonds is 2. The van der Waals surface area contributed by atoms with Crippen molar-refractivity contribution in [3.05, 3.63) is 17.5 Å². The average molecular weight is 300 g/mol. The second-order valence-corrected chi connectivity index (χ2v) is 8.97. The summed E-state index contributed by atoms with van der Waals surface area (Å²) in [6.07, 6.45) is 3.35. The monoisotopic (exact) mass is 300 g/mol. The zero-order valence-corrected chi connectivity index (χ0v) is 12.8. The number of sulfonamides is 1. The van der Waals surface area contributed by atoms with Crippen LogP contribution >= 0.6 is 11.3 Å². The Morgan fingerprint density at radius 1 is 1.26 bits per heavy atom. The zero-order valence-electron chi connectivity index (χ0n) is 11.2. The van der Waals surface area contributed by atoms with Crippen molar-refractivity contribution in [3.8, 4) is 0 Å². The van der Waals surface area contributed by atoms with E-state index >= 15 is 0 Å². The lowest BCUT2D eigenvalue weighted by Crippen LogP contribution is -2.43. The summed E-state index contributed by atoms with van der Waals surface area (Å²) in [4.78, 5) is 2.34. The van der Waals surface area contributed by atoms with E-state index < -0.39 is 10.0 Å². The molecule has 6 heteroatoms. The van der Waals surface area contributed by atoms with Crippen LogP contribution in [-0.4, -0.2) is 50.8 Å². The highest BCUT2D eigenvalue weighted by Crippen LogP contribution is 2.40. The number of likely N-dealkylation sites (tertiary alicyclic amines) is 1. The molecule has 4 nitrogen and oxygen atoms in total. The molecule has 1 aromatic rings. The molecule has 2 aliphatic heterocycles. The van der Waals surface area contributed by atoms with Gasteiger partial charge in [0, 0.05) is 19.6 Å². The molecule has 0 N–H and O–H groups in total. The number of piperidine rings is 1. The van der Waals surface area contributed by atoms with Crippen LogP contribution in [0.25, 0.3) is 0 Å². The van der Waals surface area contributed by atoms with Crippen LogP contribution in [0.1, 0.15) is 19.3 Å². The average Bonchev–Trinajstić information content (AvgIpc) is 2.99. The van der Waals surface area contributed by atoms with Crippen molar-refractivity contribution in [2.45, 2.75) is 23.5 Å². The summed E-state index contributed by atoms with van der Waals surface area (Å²) in [5, 5.41) is 1.83. The first-order valence-corrected chi connectivity index (χ1v) is 9.06. The summed E-state index contributed by atoms with van der Waals surface area (Å²) in [5.41, 5.74) is 0.192. The van der Waals surface area contributed by atoms with E-state index in [1.165, 1.54) is 17.8 Å². The van der Waals surface area contributed by atoms with Crippen molar-refractivity contribution in [3.63, 3.8) is 0 Å². The van der Waals surface area contributed by atoms with Gasteiger partial charge in [0.05, 0.1) is 0 Å². The summed E-state index contributed by atoms with van der Waals surface area (Å²) >= 11 is 1.31. The molecule has 0 aliphatic carbocycles. The third kappa shape index (κ3) is 2.46. The third-order valence-corrected chi connectivity index (χ3v) is 7.56. The van der Waals surface area contributed by atoms with Gasteiger partial charge in [0.15, 0.2) is 0 Å². The van der Waals surface area contributed by atoms with Crippen LogP contribution in [0, 0.1) is 5.41 Å². The predicted molar refractivity (Wildman–Crippen MR) is 76.9 cm³/mol. The largest absolute Gasteiger partial charge is 0.306 e. The molecule has 1 spiro atoms. The first-order chi connectivity index (χ1) is 9.02. The molecule has 0 aromatic carbocycles. The van der Waals surface area contributed by atoms with Gasteiger partial charge in [0.2, 0.25) is 0 Å². The maximum Gasteiger partial charge on any atom is 0.252 e. The Morgan fingerprint density at radius 2 is 2.11 bits per heavy atom. The van der Waals surface area contributed by atoms with E-state index in [9.17, 15) is 8.42 Å². The van der Waals surface area contributed by atoms with E-state index in [-0.39, 0.29) is 5.41 Å².